The number of halogens is 1. The molecule has 2 saturated heterocycles. The van der Waals surface area contributed by atoms with E-state index in [2.05, 4.69) is 5.32 Å². The number of carbonyl (C=O) groups excluding carboxylic acids is 4. The number of likely N-dealkylation sites (tertiary alicyclic amines) is 1. The molecular weight excluding hydrogens is 396 g/mol. The van der Waals surface area contributed by atoms with Crippen LogP contribution in [0.3, 0.4) is 0 Å². The predicted octanol–water partition coefficient (Wildman–Crippen LogP) is 0.0998. The lowest BCUT2D eigenvalue weighted by atomic mass is 9.76. The molecule has 3 heterocycles. The fourth-order valence-electron chi connectivity index (χ4n) is 5.10. The average molecular weight is 420 g/mol. The summed E-state index contributed by atoms with van der Waals surface area (Å²) < 4.78 is 0. The van der Waals surface area contributed by atoms with Gasteiger partial charge in [0, 0.05) is 30.0 Å². The van der Waals surface area contributed by atoms with Gasteiger partial charge in [-0.05, 0) is 24.6 Å². The third-order valence-electron chi connectivity index (χ3n) is 6.38. The summed E-state index contributed by atoms with van der Waals surface area (Å²) in [5.74, 6) is -2.90. The molecule has 2 fully saturated rings. The molecule has 1 aromatic rings. The summed E-state index contributed by atoms with van der Waals surface area (Å²) in [7, 11) is 0. The van der Waals surface area contributed by atoms with E-state index in [1.807, 2.05) is 6.92 Å². The van der Waals surface area contributed by atoms with Gasteiger partial charge in [0.1, 0.15) is 17.9 Å². The average Bonchev–Trinajstić information content (AvgIpc) is 3.24. The molecule has 0 aromatic heterocycles. The monoisotopic (exact) mass is 419 g/mol. The number of nitrogens with two attached hydrogens (primary N) is 2. The van der Waals surface area contributed by atoms with Crippen LogP contribution in [0.15, 0.2) is 18.2 Å². The number of fused-ring (bicyclic) bond motifs is 4. The number of hydrogen-bond donors (Lipinski definition) is 3. The molecule has 1 aromatic carbocycles. The van der Waals surface area contributed by atoms with Crippen LogP contribution in [0, 0.1) is 11.8 Å². The molecule has 0 unspecified atom stereocenters. The van der Waals surface area contributed by atoms with Gasteiger partial charge in [-0.15, -0.1) is 0 Å². The maximum absolute atomic E-state index is 13.4. The molecule has 29 heavy (non-hydrogen) atoms. The summed E-state index contributed by atoms with van der Waals surface area (Å²) in [6.07, 6.45) is 1.95. The lowest BCUT2D eigenvalue weighted by Gasteiger charge is -2.26. The highest BCUT2D eigenvalue weighted by molar-refractivity contribution is 6.31. The third-order valence-corrected chi connectivity index (χ3v) is 6.62. The minimum absolute atomic E-state index is 0.0842. The maximum Gasteiger partial charge on any atom is 0.291 e. The molecule has 4 amide bonds. The van der Waals surface area contributed by atoms with Crippen LogP contribution >= 0.6 is 11.6 Å². The Bertz CT molecular complexity index is 920. The molecular formula is C20H24ClN4O4+. The van der Waals surface area contributed by atoms with E-state index >= 15 is 0 Å². The Kier molecular flexibility index (Phi) is 4.86. The molecule has 3 aliphatic rings. The van der Waals surface area contributed by atoms with Crippen LogP contribution in [0.4, 0.5) is 5.69 Å². The second-order valence-electron chi connectivity index (χ2n) is 8.03. The standard InChI is InChI=1S/C20H23ClN4O4/c1-2-3-8-25-17(27)15-13(6-7-14(22)26)24-20(16(15)18(25)28)11-9-10(21)4-5-12(11)23-19(20)29/h4-5,9,13,15-16,24H,2-3,6-8H2,1H3,(H2,22,26)(H,23,29)/p+1/t13-,15-,16+,20-/m1/s1. The Labute approximate surface area is 173 Å². The number of imide groups is 1. The van der Waals surface area contributed by atoms with Gasteiger partial charge in [0.15, 0.2) is 0 Å². The fraction of sp³-hybridized carbons (Fsp3) is 0.500. The zero-order valence-corrected chi connectivity index (χ0v) is 16.9. The zero-order chi connectivity index (χ0) is 20.9. The van der Waals surface area contributed by atoms with Gasteiger partial charge in [-0.25, -0.2) is 0 Å². The number of primary amides is 1. The number of anilines is 1. The van der Waals surface area contributed by atoms with Crippen molar-refractivity contribution in [2.45, 2.75) is 44.2 Å². The summed E-state index contributed by atoms with van der Waals surface area (Å²) in [4.78, 5) is 52.4. The molecule has 3 aliphatic heterocycles. The van der Waals surface area contributed by atoms with Crippen molar-refractivity contribution in [2.24, 2.45) is 17.6 Å². The van der Waals surface area contributed by atoms with Gasteiger partial charge in [0.05, 0.1) is 5.69 Å². The van der Waals surface area contributed by atoms with Crippen molar-refractivity contribution in [3.8, 4) is 0 Å². The number of nitrogens with one attached hydrogen (secondary N) is 1. The van der Waals surface area contributed by atoms with Crippen molar-refractivity contribution in [3.05, 3.63) is 28.8 Å². The number of hydrogen-bond acceptors (Lipinski definition) is 4. The SMILES string of the molecule is CCCCN1C(=O)[C@H]2[C@@H](C1=O)[C@@]1([NH2+][C@@H]2CCC(N)=O)C(=O)Nc2ccc(Cl)cc21. The summed E-state index contributed by atoms with van der Waals surface area (Å²) >= 11 is 6.20. The molecule has 4 rings (SSSR count). The van der Waals surface area contributed by atoms with E-state index in [0.717, 1.165) is 6.42 Å². The molecule has 154 valence electrons. The van der Waals surface area contributed by atoms with Crippen molar-refractivity contribution in [1.82, 2.24) is 4.90 Å². The topological polar surface area (TPSA) is 126 Å². The first kappa shape index (κ1) is 19.8. The second kappa shape index (κ2) is 7.11. The van der Waals surface area contributed by atoms with Crippen molar-refractivity contribution in [3.63, 3.8) is 0 Å². The molecule has 4 atom stereocenters. The molecule has 0 aliphatic carbocycles. The van der Waals surface area contributed by atoms with E-state index in [9.17, 15) is 19.2 Å². The van der Waals surface area contributed by atoms with Crippen LogP contribution in [0.5, 0.6) is 0 Å². The lowest BCUT2D eigenvalue weighted by molar-refractivity contribution is -0.734. The Balaban J connectivity index is 1.81. The quantitative estimate of drug-likeness (QED) is 0.565. The number of amides is 4. The van der Waals surface area contributed by atoms with E-state index < -0.39 is 29.3 Å². The van der Waals surface area contributed by atoms with Gasteiger partial charge in [-0.2, -0.15) is 0 Å². The van der Waals surface area contributed by atoms with E-state index in [0.29, 0.717) is 35.7 Å². The third kappa shape index (κ3) is 2.85. The first-order valence-electron chi connectivity index (χ1n) is 9.92. The van der Waals surface area contributed by atoms with E-state index in [4.69, 9.17) is 17.3 Å². The molecule has 5 N–H and O–H groups in total. The number of carbonyl (C=O) groups is 4. The first-order chi connectivity index (χ1) is 13.8. The highest BCUT2D eigenvalue weighted by atomic mass is 35.5. The highest BCUT2D eigenvalue weighted by Crippen LogP contribution is 2.50. The summed E-state index contributed by atoms with van der Waals surface area (Å²) in [5, 5.41) is 5.08. The van der Waals surface area contributed by atoms with E-state index in [1.54, 1.807) is 23.5 Å². The van der Waals surface area contributed by atoms with Crippen LogP contribution in [0.25, 0.3) is 0 Å². The Hall–Kier alpha value is -2.45. The van der Waals surface area contributed by atoms with Crippen molar-refractivity contribution in [2.75, 3.05) is 11.9 Å². The molecule has 0 radical (unpaired) electrons. The van der Waals surface area contributed by atoms with Crippen LogP contribution in [-0.2, 0) is 24.7 Å². The van der Waals surface area contributed by atoms with Crippen molar-refractivity contribution < 1.29 is 24.5 Å². The number of nitrogens with zero attached hydrogens (tertiary/aromatic N) is 1. The normalized spacial score (nSPS) is 30.1. The highest BCUT2D eigenvalue weighted by Gasteiger charge is 2.73. The van der Waals surface area contributed by atoms with Gasteiger partial charge in [0.25, 0.3) is 5.91 Å². The number of benzene rings is 1. The van der Waals surface area contributed by atoms with E-state index in [1.165, 1.54) is 4.90 Å². The largest absolute Gasteiger partial charge is 0.370 e. The Morgan fingerprint density at radius 2 is 2.07 bits per heavy atom. The number of rotatable bonds is 6. The van der Waals surface area contributed by atoms with Gasteiger partial charge in [0.2, 0.25) is 23.3 Å². The Morgan fingerprint density at radius 3 is 2.76 bits per heavy atom. The van der Waals surface area contributed by atoms with Gasteiger partial charge in [-0.1, -0.05) is 24.9 Å². The van der Waals surface area contributed by atoms with Crippen LogP contribution in [0.1, 0.15) is 38.2 Å². The lowest BCUT2D eigenvalue weighted by Crippen LogP contribution is -2.99. The summed E-state index contributed by atoms with van der Waals surface area (Å²) in [6, 6.07) is 4.67. The second-order valence-corrected chi connectivity index (χ2v) is 8.47. The molecule has 8 nitrogen and oxygen atoms in total. The van der Waals surface area contributed by atoms with E-state index in [-0.39, 0.29) is 24.1 Å². The predicted molar refractivity (Wildman–Crippen MR) is 105 cm³/mol. The van der Waals surface area contributed by atoms with Gasteiger partial charge >= 0.3 is 0 Å². The van der Waals surface area contributed by atoms with Crippen molar-refractivity contribution >= 4 is 40.9 Å². The van der Waals surface area contributed by atoms with Crippen LogP contribution in [0.2, 0.25) is 5.02 Å². The first-order valence-corrected chi connectivity index (χ1v) is 10.3. The smallest absolute Gasteiger partial charge is 0.291 e. The minimum Gasteiger partial charge on any atom is -0.370 e. The maximum atomic E-state index is 13.4. The van der Waals surface area contributed by atoms with Crippen LogP contribution < -0.4 is 16.4 Å². The number of unbranched alkanes of at least 4 members (excludes halogenated alkanes) is 1. The van der Waals surface area contributed by atoms with Gasteiger partial charge < -0.3 is 16.4 Å². The van der Waals surface area contributed by atoms with Gasteiger partial charge in [-0.3, -0.25) is 24.1 Å². The minimum atomic E-state index is -1.26. The number of quaternary nitrogens is 1. The fourth-order valence-corrected chi connectivity index (χ4v) is 5.28. The van der Waals surface area contributed by atoms with Crippen LogP contribution in [-0.4, -0.2) is 41.1 Å². The molecule has 9 heteroatoms. The summed E-state index contributed by atoms with van der Waals surface area (Å²) in [6.45, 7) is 2.32. The molecule has 1 spiro atoms. The molecule has 0 saturated carbocycles. The summed E-state index contributed by atoms with van der Waals surface area (Å²) in [5.41, 5.74) is 5.27. The zero-order valence-electron chi connectivity index (χ0n) is 16.1. The Morgan fingerprint density at radius 1 is 1.31 bits per heavy atom. The van der Waals surface area contributed by atoms with Crippen molar-refractivity contribution in [1.29, 1.82) is 0 Å². The molecule has 0 bridgehead atoms.